The van der Waals surface area contributed by atoms with Crippen molar-refractivity contribution in [3.63, 3.8) is 0 Å². The Morgan fingerprint density at radius 3 is 2.35 bits per heavy atom. The molecular formula is C18H25IO3S. The summed E-state index contributed by atoms with van der Waals surface area (Å²) in [5.41, 5.74) is 0.965. The van der Waals surface area contributed by atoms with E-state index in [9.17, 15) is 13.2 Å². The minimum absolute atomic E-state index is 0.00588. The van der Waals surface area contributed by atoms with Gasteiger partial charge in [0, 0.05) is 21.7 Å². The van der Waals surface area contributed by atoms with Crippen molar-refractivity contribution < 1.29 is 13.2 Å². The van der Waals surface area contributed by atoms with Crippen LogP contribution in [0.1, 0.15) is 57.4 Å². The van der Waals surface area contributed by atoms with Crippen LogP contribution in [-0.4, -0.2) is 20.5 Å². The van der Waals surface area contributed by atoms with Crippen LogP contribution in [0.25, 0.3) is 0 Å². The molecule has 3 nitrogen and oxygen atoms in total. The van der Waals surface area contributed by atoms with Crippen LogP contribution in [0.5, 0.6) is 0 Å². The normalized spacial score (nSPS) is 17.6. The van der Waals surface area contributed by atoms with Crippen LogP contribution >= 0.6 is 22.6 Å². The van der Waals surface area contributed by atoms with Crippen molar-refractivity contribution in [2.75, 3.05) is 6.26 Å². The highest BCUT2D eigenvalue weighted by atomic mass is 127. The van der Waals surface area contributed by atoms with E-state index in [1.807, 2.05) is 26.0 Å². The molecule has 1 fully saturated rings. The number of benzene rings is 1. The van der Waals surface area contributed by atoms with Crippen molar-refractivity contribution in [1.29, 1.82) is 0 Å². The molecular weight excluding hydrogens is 423 g/mol. The largest absolute Gasteiger partial charge is 0.299 e. The van der Waals surface area contributed by atoms with E-state index in [1.54, 1.807) is 6.07 Å². The molecule has 23 heavy (non-hydrogen) atoms. The lowest BCUT2D eigenvalue weighted by Gasteiger charge is -2.22. The van der Waals surface area contributed by atoms with E-state index in [1.165, 1.54) is 31.9 Å². The van der Waals surface area contributed by atoms with Crippen LogP contribution in [0.15, 0.2) is 23.1 Å². The standard InChI is InChI=1S/C18H25IO3S/c1-12(2)18(20)15(10-13-6-4-5-7-13)14-8-9-17(16(19)11-14)23(3,21)22/h8-9,11-13,15H,4-7,10H2,1-3H3/t15-/m1/s1. The summed E-state index contributed by atoms with van der Waals surface area (Å²) in [5.74, 6) is 0.767. The molecule has 0 radical (unpaired) electrons. The maximum absolute atomic E-state index is 12.7. The third kappa shape index (κ3) is 4.78. The molecule has 1 aliphatic rings. The summed E-state index contributed by atoms with van der Waals surface area (Å²) in [6, 6.07) is 5.37. The molecule has 0 aromatic heterocycles. The van der Waals surface area contributed by atoms with Gasteiger partial charge in [0.25, 0.3) is 0 Å². The molecule has 1 aromatic rings. The number of halogens is 1. The predicted octanol–water partition coefficient (Wildman–Crippen LogP) is 4.58. The number of ketones is 1. The number of rotatable bonds is 6. The van der Waals surface area contributed by atoms with E-state index >= 15 is 0 Å². The molecule has 0 heterocycles. The molecule has 0 N–H and O–H groups in total. The minimum atomic E-state index is -3.23. The SMILES string of the molecule is CC(C)C(=O)[C@H](CC1CCCC1)c1ccc(S(C)(=O)=O)c(I)c1. The molecule has 128 valence electrons. The Bertz CT molecular complexity index is 674. The second kappa shape index (κ2) is 7.64. The van der Waals surface area contributed by atoms with Gasteiger partial charge in [-0.1, -0.05) is 45.6 Å². The number of hydrogen-bond donors (Lipinski definition) is 0. The summed E-state index contributed by atoms with van der Waals surface area (Å²) < 4.78 is 24.3. The number of carbonyl (C=O) groups is 1. The molecule has 0 saturated heterocycles. The average molecular weight is 448 g/mol. The highest BCUT2D eigenvalue weighted by Crippen LogP contribution is 2.36. The first-order valence-corrected chi connectivity index (χ1v) is 11.2. The van der Waals surface area contributed by atoms with Gasteiger partial charge in [0.1, 0.15) is 5.78 Å². The van der Waals surface area contributed by atoms with Crippen molar-refractivity contribution in [3.05, 3.63) is 27.3 Å². The quantitative estimate of drug-likeness (QED) is 0.599. The number of hydrogen-bond acceptors (Lipinski definition) is 3. The van der Waals surface area contributed by atoms with Gasteiger partial charge in [-0.05, 0) is 52.6 Å². The lowest BCUT2D eigenvalue weighted by molar-refractivity contribution is -0.123. The van der Waals surface area contributed by atoms with Gasteiger partial charge in [-0.3, -0.25) is 4.79 Å². The monoisotopic (exact) mass is 448 g/mol. The first-order chi connectivity index (χ1) is 10.7. The molecule has 0 unspecified atom stereocenters. The highest BCUT2D eigenvalue weighted by molar-refractivity contribution is 14.1. The lowest BCUT2D eigenvalue weighted by Crippen LogP contribution is -2.21. The molecule has 1 aliphatic carbocycles. The fraction of sp³-hybridized carbons (Fsp3) is 0.611. The molecule has 2 rings (SSSR count). The van der Waals surface area contributed by atoms with E-state index < -0.39 is 9.84 Å². The molecule has 0 amide bonds. The van der Waals surface area contributed by atoms with Gasteiger partial charge in [-0.25, -0.2) is 8.42 Å². The third-order valence-corrected chi connectivity index (χ3v) is 7.13. The topological polar surface area (TPSA) is 51.2 Å². The van der Waals surface area contributed by atoms with Gasteiger partial charge >= 0.3 is 0 Å². The van der Waals surface area contributed by atoms with Gasteiger partial charge in [0.05, 0.1) is 4.90 Å². The van der Waals surface area contributed by atoms with Crippen molar-refractivity contribution in [3.8, 4) is 0 Å². The Kier molecular flexibility index (Phi) is 6.28. The molecule has 5 heteroatoms. The summed E-state index contributed by atoms with van der Waals surface area (Å²) >= 11 is 2.06. The second-order valence-electron chi connectivity index (χ2n) is 6.96. The van der Waals surface area contributed by atoms with Gasteiger partial charge in [0.2, 0.25) is 0 Å². The molecule has 0 bridgehead atoms. The summed E-state index contributed by atoms with van der Waals surface area (Å²) in [6.07, 6.45) is 7.06. The van der Waals surface area contributed by atoms with E-state index in [0.29, 0.717) is 14.4 Å². The van der Waals surface area contributed by atoms with E-state index in [2.05, 4.69) is 22.6 Å². The van der Waals surface area contributed by atoms with Crippen LogP contribution in [0.2, 0.25) is 0 Å². The zero-order valence-electron chi connectivity index (χ0n) is 14.0. The van der Waals surface area contributed by atoms with Crippen LogP contribution in [0.3, 0.4) is 0 Å². The Balaban J connectivity index is 2.34. The molecule has 0 spiro atoms. The average Bonchev–Trinajstić information content (AvgIpc) is 2.95. The van der Waals surface area contributed by atoms with Crippen LogP contribution in [-0.2, 0) is 14.6 Å². The third-order valence-electron chi connectivity index (χ3n) is 4.71. The van der Waals surface area contributed by atoms with Crippen molar-refractivity contribution in [1.82, 2.24) is 0 Å². The van der Waals surface area contributed by atoms with E-state index in [-0.39, 0.29) is 17.6 Å². The Morgan fingerprint density at radius 1 is 1.26 bits per heavy atom. The Labute approximate surface area is 153 Å². The number of carbonyl (C=O) groups excluding carboxylic acids is 1. The van der Waals surface area contributed by atoms with Gasteiger partial charge in [-0.15, -0.1) is 0 Å². The maximum atomic E-state index is 12.7. The molecule has 1 aromatic carbocycles. The van der Waals surface area contributed by atoms with E-state index in [0.717, 1.165) is 12.0 Å². The zero-order chi connectivity index (χ0) is 17.2. The lowest BCUT2D eigenvalue weighted by atomic mass is 9.81. The fourth-order valence-corrected chi connectivity index (χ4v) is 5.90. The van der Waals surface area contributed by atoms with Gasteiger partial charge in [-0.2, -0.15) is 0 Å². The maximum Gasteiger partial charge on any atom is 0.176 e. The van der Waals surface area contributed by atoms with Gasteiger partial charge < -0.3 is 0 Å². The van der Waals surface area contributed by atoms with Crippen molar-refractivity contribution in [2.24, 2.45) is 11.8 Å². The van der Waals surface area contributed by atoms with Crippen molar-refractivity contribution >= 4 is 38.2 Å². The summed E-state index contributed by atoms with van der Waals surface area (Å²) in [4.78, 5) is 13.0. The minimum Gasteiger partial charge on any atom is -0.299 e. The molecule has 1 atom stereocenters. The molecule has 0 aliphatic heterocycles. The summed E-state index contributed by atoms with van der Waals surface area (Å²) in [6.45, 7) is 3.89. The fourth-order valence-electron chi connectivity index (χ4n) is 3.43. The van der Waals surface area contributed by atoms with E-state index in [4.69, 9.17) is 0 Å². The first-order valence-electron chi connectivity index (χ1n) is 8.23. The van der Waals surface area contributed by atoms with Crippen LogP contribution in [0.4, 0.5) is 0 Å². The first kappa shape index (κ1) is 18.9. The highest BCUT2D eigenvalue weighted by Gasteiger charge is 2.28. The smallest absolute Gasteiger partial charge is 0.176 e. The molecule has 1 saturated carbocycles. The second-order valence-corrected chi connectivity index (χ2v) is 10.1. The summed E-state index contributed by atoms with van der Waals surface area (Å²) in [7, 11) is -3.23. The predicted molar refractivity (Wildman–Crippen MR) is 101 cm³/mol. The summed E-state index contributed by atoms with van der Waals surface area (Å²) in [5, 5.41) is 0. The van der Waals surface area contributed by atoms with Gasteiger partial charge in [0.15, 0.2) is 9.84 Å². The van der Waals surface area contributed by atoms with Crippen LogP contribution in [0, 0.1) is 15.4 Å². The number of Topliss-reactive ketones (excluding diaryl/α,β-unsaturated/α-hetero) is 1. The van der Waals surface area contributed by atoms with Crippen LogP contribution < -0.4 is 0 Å². The Hall–Kier alpha value is -0.430. The number of sulfone groups is 1. The Morgan fingerprint density at radius 2 is 1.87 bits per heavy atom. The zero-order valence-corrected chi connectivity index (χ0v) is 17.0. The van der Waals surface area contributed by atoms with Crippen molar-refractivity contribution in [2.45, 2.75) is 56.8 Å².